The van der Waals surface area contributed by atoms with Crippen LogP contribution < -0.4 is 5.32 Å². The number of nitrogens with one attached hydrogen (secondary N) is 1. The molecule has 0 bridgehead atoms. The third-order valence-electron chi connectivity index (χ3n) is 12.8. The van der Waals surface area contributed by atoms with Crippen LogP contribution in [0.2, 0.25) is 0 Å². The number of carbonyl (C=O) groups excluding carboxylic acids is 1. The highest BCUT2D eigenvalue weighted by atomic mass is 16.7. The van der Waals surface area contributed by atoms with Gasteiger partial charge in [-0.25, -0.2) is 0 Å². The minimum Gasteiger partial charge on any atom is -0.394 e. The van der Waals surface area contributed by atoms with E-state index in [1.807, 2.05) is 0 Å². The molecular formula is C50H99NO9. The highest BCUT2D eigenvalue weighted by Gasteiger charge is 2.44. The summed E-state index contributed by atoms with van der Waals surface area (Å²) in [6, 6.07) is -0.985. The predicted molar refractivity (Wildman–Crippen MR) is 246 cm³/mol. The van der Waals surface area contributed by atoms with Crippen molar-refractivity contribution in [2.24, 2.45) is 0 Å². The third kappa shape index (κ3) is 30.3. The Bertz CT molecular complexity index is 926. The number of hydrogen-bond donors (Lipinski definition) is 7. The fraction of sp³-hybridized carbons (Fsp3) is 0.980. The molecule has 1 saturated heterocycles. The first-order valence-electron chi connectivity index (χ1n) is 25.8. The van der Waals surface area contributed by atoms with Crippen molar-refractivity contribution in [1.29, 1.82) is 0 Å². The molecule has 8 atom stereocenters. The molecule has 10 nitrogen and oxygen atoms in total. The van der Waals surface area contributed by atoms with Crippen LogP contribution in [0.5, 0.6) is 0 Å². The zero-order valence-electron chi connectivity index (χ0n) is 39.1. The van der Waals surface area contributed by atoms with Gasteiger partial charge in [-0.2, -0.15) is 0 Å². The number of aliphatic hydroxyl groups is 6. The third-order valence-corrected chi connectivity index (χ3v) is 12.8. The van der Waals surface area contributed by atoms with Gasteiger partial charge in [0.1, 0.15) is 30.5 Å². The van der Waals surface area contributed by atoms with Crippen LogP contribution in [0.3, 0.4) is 0 Å². The molecule has 0 saturated carbocycles. The zero-order chi connectivity index (χ0) is 43.9. The quantitative estimate of drug-likeness (QED) is 0.0295. The lowest BCUT2D eigenvalue weighted by Gasteiger charge is -2.40. The van der Waals surface area contributed by atoms with Crippen molar-refractivity contribution in [2.75, 3.05) is 13.2 Å². The van der Waals surface area contributed by atoms with Crippen molar-refractivity contribution in [3.63, 3.8) is 0 Å². The minimum absolute atomic E-state index is 0.252. The van der Waals surface area contributed by atoms with Gasteiger partial charge < -0.3 is 45.4 Å². The van der Waals surface area contributed by atoms with E-state index in [1.165, 1.54) is 186 Å². The van der Waals surface area contributed by atoms with Gasteiger partial charge in [-0.3, -0.25) is 4.79 Å². The van der Waals surface area contributed by atoms with E-state index in [2.05, 4.69) is 19.2 Å². The molecule has 1 heterocycles. The van der Waals surface area contributed by atoms with E-state index in [9.17, 15) is 35.4 Å². The van der Waals surface area contributed by atoms with Crippen LogP contribution in [0.25, 0.3) is 0 Å². The summed E-state index contributed by atoms with van der Waals surface area (Å²) >= 11 is 0. The van der Waals surface area contributed by atoms with Gasteiger partial charge in [-0.15, -0.1) is 0 Å². The molecule has 60 heavy (non-hydrogen) atoms. The van der Waals surface area contributed by atoms with Crippen LogP contribution in [0.15, 0.2) is 0 Å². The van der Waals surface area contributed by atoms with Crippen molar-refractivity contribution in [3.05, 3.63) is 0 Å². The molecule has 0 radical (unpaired) electrons. The Balaban J connectivity index is 2.31. The minimum atomic E-state index is -1.60. The van der Waals surface area contributed by atoms with Crippen LogP contribution in [-0.2, 0) is 14.3 Å². The van der Waals surface area contributed by atoms with Crippen molar-refractivity contribution >= 4 is 5.91 Å². The Kier molecular flexibility index (Phi) is 39.0. The van der Waals surface area contributed by atoms with Gasteiger partial charge in [0.25, 0.3) is 0 Å². The maximum atomic E-state index is 13.0. The van der Waals surface area contributed by atoms with E-state index in [0.717, 1.165) is 38.5 Å². The summed E-state index contributed by atoms with van der Waals surface area (Å²) in [6.45, 7) is 3.64. The van der Waals surface area contributed by atoms with Gasteiger partial charge in [0.15, 0.2) is 6.29 Å². The van der Waals surface area contributed by atoms with E-state index >= 15 is 0 Å². The molecule has 1 aliphatic heterocycles. The second kappa shape index (κ2) is 40.9. The largest absolute Gasteiger partial charge is 0.394 e. The van der Waals surface area contributed by atoms with E-state index in [-0.39, 0.29) is 18.9 Å². The number of ether oxygens (including phenoxy) is 2. The van der Waals surface area contributed by atoms with Gasteiger partial charge in [0, 0.05) is 6.42 Å². The molecule has 2 unspecified atom stereocenters. The van der Waals surface area contributed by atoms with Crippen LogP contribution in [-0.4, -0.2) is 98.7 Å². The SMILES string of the molecule is CCCCCCCCCCCCCCCCCCCCCCC(=O)N[C@@H](CO[C@@H]1O[C@H](CO)[C@@H](O)C(O)C1O)[C@H](O)[C@H](O)CCCCCCCCCCCCCCCCC. The highest BCUT2D eigenvalue weighted by Crippen LogP contribution is 2.23. The lowest BCUT2D eigenvalue weighted by atomic mass is 9.98. The van der Waals surface area contributed by atoms with Crippen molar-refractivity contribution in [2.45, 2.75) is 300 Å². The molecule has 10 heteroatoms. The first-order valence-corrected chi connectivity index (χ1v) is 25.8. The number of hydrogen-bond acceptors (Lipinski definition) is 9. The van der Waals surface area contributed by atoms with Crippen LogP contribution >= 0.6 is 0 Å². The standard InChI is InChI=1S/C50H99NO9/c1-3-5-7-9-11-13-15-17-19-20-21-22-23-25-27-29-31-33-35-37-39-45(54)51-42(41-59-50-49(58)48(57)47(56)44(40-52)60-50)46(55)43(53)38-36-34-32-30-28-26-24-18-16-14-12-10-8-6-4-2/h42-44,46-50,52-53,55-58H,3-41H2,1-2H3,(H,51,54)/t42-,43+,44+,46-,47+,48?,49?,50+/m0/s1. The first-order chi connectivity index (χ1) is 29.3. The van der Waals surface area contributed by atoms with Crippen molar-refractivity contribution < 1.29 is 44.9 Å². The fourth-order valence-corrected chi connectivity index (χ4v) is 8.61. The van der Waals surface area contributed by atoms with Crippen LogP contribution in [0, 0.1) is 0 Å². The molecule has 1 aliphatic rings. The molecular weight excluding hydrogens is 759 g/mol. The van der Waals surface area contributed by atoms with E-state index < -0.39 is 55.6 Å². The summed E-state index contributed by atoms with van der Waals surface area (Å²) in [5, 5.41) is 65.3. The van der Waals surface area contributed by atoms with Gasteiger partial charge >= 0.3 is 0 Å². The smallest absolute Gasteiger partial charge is 0.220 e. The Morgan fingerprint density at radius 2 is 0.867 bits per heavy atom. The molecule has 7 N–H and O–H groups in total. The number of carbonyl (C=O) groups is 1. The summed E-state index contributed by atoms with van der Waals surface area (Å²) in [7, 11) is 0. The zero-order valence-corrected chi connectivity index (χ0v) is 39.1. The fourth-order valence-electron chi connectivity index (χ4n) is 8.61. The maximum absolute atomic E-state index is 13.0. The predicted octanol–water partition coefficient (Wildman–Crippen LogP) is 10.5. The lowest BCUT2D eigenvalue weighted by molar-refractivity contribution is -0.303. The average molecular weight is 858 g/mol. The summed E-state index contributed by atoms with van der Waals surface area (Å²) in [4.78, 5) is 13.0. The van der Waals surface area contributed by atoms with E-state index in [4.69, 9.17) is 9.47 Å². The van der Waals surface area contributed by atoms with E-state index in [1.54, 1.807) is 0 Å². The Morgan fingerprint density at radius 3 is 1.23 bits per heavy atom. The number of aliphatic hydroxyl groups excluding tert-OH is 6. The maximum Gasteiger partial charge on any atom is 0.220 e. The Morgan fingerprint density at radius 1 is 0.517 bits per heavy atom. The van der Waals surface area contributed by atoms with Gasteiger partial charge in [0.05, 0.1) is 25.4 Å². The average Bonchev–Trinajstić information content (AvgIpc) is 3.25. The second-order valence-corrected chi connectivity index (χ2v) is 18.5. The number of unbranched alkanes of at least 4 members (excludes halogenated alkanes) is 33. The number of rotatable bonds is 44. The molecule has 0 aromatic heterocycles. The normalized spacial score (nSPS) is 21.0. The van der Waals surface area contributed by atoms with Gasteiger partial charge in [-0.1, -0.05) is 232 Å². The molecule has 0 aromatic rings. The molecule has 0 aromatic carbocycles. The molecule has 358 valence electrons. The topological polar surface area (TPSA) is 169 Å². The summed E-state index contributed by atoms with van der Waals surface area (Å²) in [5.41, 5.74) is 0. The summed E-state index contributed by atoms with van der Waals surface area (Å²) in [6.07, 6.45) is 35.3. The molecule has 0 aliphatic carbocycles. The molecule has 1 fully saturated rings. The van der Waals surface area contributed by atoms with Gasteiger partial charge in [0.2, 0.25) is 5.91 Å². The Labute approximate surface area is 368 Å². The van der Waals surface area contributed by atoms with Gasteiger partial charge in [-0.05, 0) is 12.8 Å². The Hall–Kier alpha value is -0.850. The van der Waals surface area contributed by atoms with Crippen molar-refractivity contribution in [1.82, 2.24) is 5.32 Å². The van der Waals surface area contributed by atoms with Crippen LogP contribution in [0.4, 0.5) is 0 Å². The summed E-state index contributed by atoms with van der Waals surface area (Å²) < 4.78 is 11.2. The van der Waals surface area contributed by atoms with Crippen LogP contribution in [0.1, 0.15) is 251 Å². The monoisotopic (exact) mass is 858 g/mol. The molecule has 1 amide bonds. The second-order valence-electron chi connectivity index (χ2n) is 18.5. The number of amides is 1. The molecule has 0 spiro atoms. The summed E-state index contributed by atoms with van der Waals surface area (Å²) in [5.74, 6) is -0.252. The highest BCUT2D eigenvalue weighted by molar-refractivity contribution is 5.76. The first kappa shape index (κ1) is 57.2. The van der Waals surface area contributed by atoms with Crippen molar-refractivity contribution in [3.8, 4) is 0 Å². The van der Waals surface area contributed by atoms with E-state index in [0.29, 0.717) is 6.42 Å². The lowest BCUT2D eigenvalue weighted by Crippen LogP contribution is -2.60. The molecule has 1 rings (SSSR count).